The number of hydrogen-bond donors (Lipinski definition) is 1. The van der Waals surface area contributed by atoms with Crippen molar-refractivity contribution in [2.24, 2.45) is 34.5 Å². The maximum absolute atomic E-state index is 13.2. The fourth-order valence-corrected chi connectivity index (χ4v) is 7.77. The first-order valence-electron chi connectivity index (χ1n) is 11.2. The Hall–Kier alpha value is -1.03. The minimum absolute atomic E-state index is 0.0177. The van der Waals surface area contributed by atoms with Crippen molar-refractivity contribution in [2.45, 2.75) is 66.2 Å². The first kappa shape index (κ1) is 20.3. The summed E-state index contributed by atoms with van der Waals surface area (Å²) in [5.74, 6) is 2.34. The molecule has 1 aliphatic heterocycles. The molecule has 0 bridgehead atoms. The maximum atomic E-state index is 13.2. The number of hydrogen-bond acceptors (Lipinski definition) is 3. The molecule has 3 fully saturated rings. The number of carbonyl (C=O) groups is 2. The quantitative estimate of drug-likeness (QED) is 0.758. The summed E-state index contributed by atoms with van der Waals surface area (Å²) in [4.78, 5) is 27.4. The Morgan fingerprint density at radius 2 is 1.86 bits per heavy atom. The van der Waals surface area contributed by atoms with Gasteiger partial charge in [0.15, 0.2) is 5.78 Å². The number of halogens is 1. The number of nitrogens with one attached hydrogen (secondary N) is 1. The third-order valence-electron chi connectivity index (χ3n) is 9.05. The minimum atomic E-state index is -0.0177. The minimum Gasteiger partial charge on any atom is -0.386 e. The molecule has 4 nitrogen and oxygen atoms in total. The van der Waals surface area contributed by atoms with Gasteiger partial charge in [-0.05, 0) is 69.1 Å². The first-order valence-corrected chi connectivity index (χ1v) is 11.6. The van der Waals surface area contributed by atoms with E-state index in [1.54, 1.807) is 0 Å². The second kappa shape index (κ2) is 7.04. The fraction of sp³-hybridized carbons (Fsp3) is 0.826. The molecule has 5 heteroatoms. The summed E-state index contributed by atoms with van der Waals surface area (Å²) in [6, 6.07) is 0. The molecule has 4 rings (SSSR count). The highest BCUT2D eigenvalue weighted by Crippen LogP contribution is 2.64. The number of carbonyl (C=O) groups excluding carboxylic acids is 2. The van der Waals surface area contributed by atoms with Gasteiger partial charge in [0, 0.05) is 43.1 Å². The van der Waals surface area contributed by atoms with Crippen LogP contribution in [0.2, 0.25) is 0 Å². The number of Topliss-reactive ketones (excluding diaryl/α,β-unsaturated/α-hetero) is 1. The first-order chi connectivity index (χ1) is 13.3. The summed E-state index contributed by atoms with van der Waals surface area (Å²) in [5.41, 5.74) is 1.09. The lowest BCUT2D eigenvalue weighted by Crippen LogP contribution is -2.57. The normalized spacial score (nSPS) is 42.4. The van der Waals surface area contributed by atoms with Crippen LogP contribution in [0.1, 0.15) is 66.2 Å². The molecule has 0 radical (unpaired) electrons. The van der Waals surface area contributed by atoms with Gasteiger partial charge in [0.05, 0.1) is 0 Å². The molecule has 28 heavy (non-hydrogen) atoms. The van der Waals surface area contributed by atoms with Crippen LogP contribution in [0, 0.1) is 34.5 Å². The van der Waals surface area contributed by atoms with Crippen molar-refractivity contribution < 1.29 is 9.59 Å². The zero-order valence-corrected chi connectivity index (χ0v) is 18.6. The van der Waals surface area contributed by atoms with Crippen LogP contribution >= 0.6 is 11.6 Å². The zero-order valence-electron chi connectivity index (χ0n) is 17.8. The van der Waals surface area contributed by atoms with Crippen LogP contribution in [0.5, 0.6) is 0 Å². The number of nitrogens with zero attached hydrogens (tertiary/aromatic N) is 1. The van der Waals surface area contributed by atoms with Crippen molar-refractivity contribution in [3.8, 4) is 0 Å². The molecule has 3 aliphatic carbocycles. The number of piperidine rings is 1. The lowest BCUT2D eigenvalue weighted by atomic mass is 9.50. The van der Waals surface area contributed by atoms with Crippen molar-refractivity contribution in [1.82, 2.24) is 10.2 Å². The van der Waals surface area contributed by atoms with Crippen LogP contribution in [-0.2, 0) is 9.59 Å². The average Bonchev–Trinajstić information content (AvgIpc) is 3.03. The van der Waals surface area contributed by atoms with Crippen molar-refractivity contribution in [3.05, 3.63) is 10.7 Å². The van der Waals surface area contributed by atoms with E-state index in [4.69, 9.17) is 11.6 Å². The standard InChI is InChI=1S/C23H35ClN2O2/c1-5-26(6-2)21(28)17-8-7-15-14-13-25-20-19(24)18(27)10-12-23(20,4)16(14)9-11-22(15,17)3/h14-17,25H,5-13H2,1-4H3/t14-,15-,16-,17+,22-,23+/m0/s1. The van der Waals surface area contributed by atoms with E-state index in [1.807, 2.05) is 4.90 Å². The number of allylic oxidation sites excluding steroid dienone is 2. The molecule has 6 atom stereocenters. The third-order valence-corrected chi connectivity index (χ3v) is 9.45. The molecule has 0 aromatic heterocycles. The average molecular weight is 407 g/mol. The van der Waals surface area contributed by atoms with E-state index in [9.17, 15) is 9.59 Å². The van der Waals surface area contributed by atoms with Crippen LogP contribution in [0.25, 0.3) is 0 Å². The lowest BCUT2D eigenvalue weighted by Gasteiger charge is -2.58. The second-order valence-electron chi connectivity index (χ2n) is 9.97. The van der Waals surface area contributed by atoms with E-state index in [-0.39, 0.29) is 22.5 Å². The van der Waals surface area contributed by atoms with Gasteiger partial charge in [-0.1, -0.05) is 25.4 Å². The van der Waals surface area contributed by atoms with Crippen molar-refractivity contribution in [1.29, 1.82) is 0 Å². The largest absolute Gasteiger partial charge is 0.386 e. The Bertz CT molecular complexity index is 715. The van der Waals surface area contributed by atoms with Gasteiger partial charge in [0.25, 0.3) is 0 Å². The van der Waals surface area contributed by atoms with E-state index in [0.29, 0.717) is 35.1 Å². The van der Waals surface area contributed by atoms with Crippen molar-refractivity contribution >= 4 is 23.3 Å². The van der Waals surface area contributed by atoms with Gasteiger partial charge < -0.3 is 10.2 Å². The Morgan fingerprint density at radius 3 is 2.54 bits per heavy atom. The van der Waals surface area contributed by atoms with E-state index < -0.39 is 0 Å². The Kier molecular flexibility index (Phi) is 5.09. The van der Waals surface area contributed by atoms with E-state index in [0.717, 1.165) is 57.4 Å². The zero-order chi connectivity index (χ0) is 20.3. The highest BCUT2D eigenvalue weighted by Gasteiger charge is 2.61. The van der Waals surface area contributed by atoms with Gasteiger partial charge in [-0.3, -0.25) is 9.59 Å². The SMILES string of the molecule is CCN(CC)C(=O)[C@H]1CC[C@H]2[C@@H]3CNC4=C(Cl)C(=O)CC[C@]4(C)[C@H]3CC[C@]12C. The van der Waals surface area contributed by atoms with Gasteiger partial charge in [-0.2, -0.15) is 0 Å². The lowest BCUT2D eigenvalue weighted by molar-refractivity contribution is -0.142. The Balaban J connectivity index is 1.62. The molecular formula is C23H35ClN2O2. The van der Waals surface area contributed by atoms with Gasteiger partial charge in [0.1, 0.15) is 5.03 Å². The molecule has 0 unspecified atom stereocenters. The van der Waals surface area contributed by atoms with Crippen LogP contribution in [0.15, 0.2) is 10.7 Å². The van der Waals surface area contributed by atoms with Crippen LogP contribution in [-0.4, -0.2) is 36.2 Å². The summed E-state index contributed by atoms with van der Waals surface area (Å²) in [6.07, 6.45) is 5.90. The summed E-state index contributed by atoms with van der Waals surface area (Å²) in [5, 5.41) is 4.04. The van der Waals surface area contributed by atoms with E-state index in [2.05, 4.69) is 33.0 Å². The number of fused-ring (bicyclic) bond motifs is 5. The molecular weight excluding hydrogens is 372 g/mol. The summed E-state index contributed by atoms with van der Waals surface area (Å²) < 4.78 is 0. The smallest absolute Gasteiger partial charge is 0.226 e. The molecule has 1 heterocycles. The third kappa shape index (κ3) is 2.69. The van der Waals surface area contributed by atoms with Crippen molar-refractivity contribution in [3.63, 3.8) is 0 Å². The monoisotopic (exact) mass is 406 g/mol. The highest BCUT2D eigenvalue weighted by molar-refractivity contribution is 6.43. The predicted molar refractivity (Wildman–Crippen MR) is 112 cm³/mol. The van der Waals surface area contributed by atoms with Gasteiger partial charge in [0.2, 0.25) is 5.91 Å². The molecule has 156 valence electrons. The van der Waals surface area contributed by atoms with E-state index in [1.165, 1.54) is 0 Å². The van der Waals surface area contributed by atoms with Gasteiger partial charge in [-0.15, -0.1) is 0 Å². The molecule has 0 aromatic rings. The van der Waals surface area contributed by atoms with Gasteiger partial charge in [-0.25, -0.2) is 0 Å². The topological polar surface area (TPSA) is 49.4 Å². The van der Waals surface area contributed by atoms with E-state index >= 15 is 0 Å². The fourth-order valence-electron chi connectivity index (χ4n) is 7.39. The number of amides is 1. The molecule has 4 aliphatic rings. The number of rotatable bonds is 3. The summed E-state index contributed by atoms with van der Waals surface area (Å²) in [7, 11) is 0. The molecule has 1 saturated heterocycles. The van der Waals surface area contributed by atoms with Crippen LogP contribution in [0.3, 0.4) is 0 Å². The molecule has 0 aromatic carbocycles. The molecule has 0 spiro atoms. The Labute approximate surface area is 174 Å². The summed E-state index contributed by atoms with van der Waals surface area (Å²) >= 11 is 6.45. The van der Waals surface area contributed by atoms with Crippen molar-refractivity contribution in [2.75, 3.05) is 19.6 Å². The van der Waals surface area contributed by atoms with Crippen LogP contribution < -0.4 is 5.32 Å². The Morgan fingerprint density at radius 1 is 1.14 bits per heavy atom. The second-order valence-corrected chi connectivity index (χ2v) is 10.4. The van der Waals surface area contributed by atoms with Gasteiger partial charge >= 0.3 is 0 Å². The molecule has 1 amide bonds. The summed E-state index contributed by atoms with van der Waals surface area (Å²) in [6.45, 7) is 11.4. The number of ketones is 1. The molecule has 1 N–H and O–H groups in total. The highest BCUT2D eigenvalue weighted by atomic mass is 35.5. The van der Waals surface area contributed by atoms with Crippen LogP contribution in [0.4, 0.5) is 0 Å². The predicted octanol–water partition coefficient (Wildman–Crippen LogP) is 4.34. The maximum Gasteiger partial charge on any atom is 0.226 e. The molecule has 2 saturated carbocycles.